The first-order valence-corrected chi connectivity index (χ1v) is 9.76. The number of carboxylic acids is 1. The Balaban J connectivity index is 1.40. The Morgan fingerprint density at radius 2 is 1.76 bits per heavy atom. The van der Waals surface area contributed by atoms with Crippen LogP contribution in [0.5, 0.6) is 0 Å². The fourth-order valence-electron chi connectivity index (χ4n) is 4.84. The Bertz CT molecular complexity index is 697. The fraction of sp³-hybridized carbons (Fsp3) is 0.579. The van der Waals surface area contributed by atoms with E-state index >= 15 is 0 Å². The zero-order chi connectivity index (χ0) is 17.7. The van der Waals surface area contributed by atoms with E-state index in [9.17, 15) is 19.1 Å². The molecule has 4 nitrogen and oxygen atoms in total. The highest BCUT2D eigenvalue weighted by atomic mass is 32.2. The van der Waals surface area contributed by atoms with E-state index in [1.807, 2.05) is 4.90 Å². The number of amides is 1. The number of thioether (sulfide) groups is 1. The van der Waals surface area contributed by atoms with Crippen molar-refractivity contribution in [1.82, 2.24) is 4.90 Å². The standard InChI is InChI=1S/C19H22FNO3S/c20-13-1-3-14(4-2-13)25-15-5-10-21(11-15)16(22)18-6-8-19(12-18,9-7-18)17(23)24/h1-4,15H,5-12H2,(H,23,24). The molecule has 0 radical (unpaired) electrons. The third-order valence-corrected chi connectivity index (χ3v) is 7.56. The van der Waals surface area contributed by atoms with Crippen LogP contribution in [0.25, 0.3) is 0 Å². The lowest BCUT2D eigenvalue weighted by molar-refractivity contribution is -0.148. The quantitative estimate of drug-likeness (QED) is 0.889. The number of aliphatic carboxylic acids is 1. The zero-order valence-corrected chi connectivity index (χ0v) is 14.9. The van der Waals surface area contributed by atoms with Gasteiger partial charge >= 0.3 is 5.97 Å². The van der Waals surface area contributed by atoms with Crippen molar-refractivity contribution in [2.24, 2.45) is 10.8 Å². The van der Waals surface area contributed by atoms with Gasteiger partial charge < -0.3 is 10.0 Å². The maximum atomic E-state index is 13.1. The molecule has 0 spiro atoms. The van der Waals surface area contributed by atoms with Crippen molar-refractivity contribution in [3.8, 4) is 0 Å². The predicted octanol–water partition coefficient (Wildman–Crippen LogP) is 3.55. The van der Waals surface area contributed by atoms with Crippen LogP contribution >= 0.6 is 11.8 Å². The molecule has 2 aliphatic carbocycles. The van der Waals surface area contributed by atoms with Crippen LogP contribution in [0.1, 0.15) is 38.5 Å². The van der Waals surface area contributed by atoms with Gasteiger partial charge in [0.05, 0.1) is 10.8 Å². The van der Waals surface area contributed by atoms with E-state index in [0.717, 1.165) is 17.9 Å². The molecule has 1 saturated heterocycles. The fourth-order valence-corrected chi connectivity index (χ4v) is 5.99. The van der Waals surface area contributed by atoms with Gasteiger partial charge in [0.25, 0.3) is 0 Å². The largest absolute Gasteiger partial charge is 0.481 e. The second-order valence-electron chi connectivity index (χ2n) is 7.78. The van der Waals surface area contributed by atoms with Crippen molar-refractivity contribution in [2.45, 2.75) is 48.7 Å². The number of fused-ring (bicyclic) bond motifs is 2. The van der Waals surface area contributed by atoms with Crippen molar-refractivity contribution in [3.63, 3.8) is 0 Å². The highest BCUT2D eigenvalue weighted by Crippen LogP contribution is 2.62. The number of hydrogen-bond acceptors (Lipinski definition) is 3. The third kappa shape index (κ3) is 2.84. The van der Waals surface area contributed by atoms with Crippen LogP contribution < -0.4 is 0 Å². The van der Waals surface area contributed by atoms with E-state index in [-0.39, 0.29) is 11.7 Å². The monoisotopic (exact) mass is 363 g/mol. The van der Waals surface area contributed by atoms with Crippen molar-refractivity contribution >= 4 is 23.6 Å². The molecule has 2 bridgehead atoms. The third-order valence-electron chi connectivity index (χ3n) is 6.30. The maximum Gasteiger partial charge on any atom is 0.309 e. The molecule has 2 saturated carbocycles. The number of hydrogen-bond donors (Lipinski definition) is 1. The summed E-state index contributed by atoms with van der Waals surface area (Å²) in [6.45, 7) is 1.43. The number of benzene rings is 1. The molecule has 6 heteroatoms. The van der Waals surface area contributed by atoms with Crippen LogP contribution in [0, 0.1) is 16.6 Å². The average molecular weight is 363 g/mol. The number of rotatable bonds is 4. The molecule has 0 aromatic heterocycles. The van der Waals surface area contributed by atoms with E-state index in [2.05, 4.69) is 0 Å². The summed E-state index contributed by atoms with van der Waals surface area (Å²) < 4.78 is 13.0. The highest BCUT2D eigenvalue weighted by molar-refractivity contribution is 8.00. The van der Waals surface area contributed by atoms with E-state index in [4.69, 9.17) is 0 Å². The highest BCUT2D eigenvalue weighted by Gasteiger charge is 2.62. The summed E-state index contributed by atoms with van der Waals surface area (Å²) in [6, 6.07) is 6.47. The number of halogens is 1. The molecule has 1 aromatic rings. The topological polar surface area (TPSA) is 57.6 Å². The molecule has 1 aromatic carbocycles. The van der Waals surface area contributed by atoms with Crippen LogP contribution in [-0.2, 0) is 9.59 Å². The molecular weight excluding hydrogens is 341 g/mol. The van der Waals surface area contributed by atoms with Gasteiger partial charge in [-0.25, -0.2) is 4.39 Å². The second kappa shape index (κ2) is 6.01. The Labute approximate surface area is 150 Å². The van der Waals surface area contributed by atoms with Crippen LogP contribution in [0.15, 0.2) is 29.2 Å². The minimum atomic E-state index is -0.731. The van der Waals surface area contributed by atoms with Crippen LogP contribution in [0.2, 0.25) is 0 Å². The summed E-state index contributed by atoms with van der Waals surface area (Å²) in [5.41, 5.74) is -1.09. The molecule has 1 unspecified atom stereocenters. The molecule has 1 heterocycles. The lowest BCUT2D eigenvalue weighted by Gasteiger charge is -2.30. The molecule has 25 heavy (non-hydrogen) atoms. The Morgan fingerprint density at radius 1 is 1.12 bits per heavy atom. The van der Waals surface area contributed by atoms with Gasteiger partial charge in [0, 0.05) is 23.2 Å². The van der Waals surface area contributed by atoms with E-state index < -0.39 is 16.8 Å². The summed E-state index contributed by atoms with van der Waals surface area (Å²) in [7, 11) is 0. The maximum absolute atomic E-state index is 13.1. The van der Waals surface area contributed by atoms with Gasteiger partial charge in [-0.2, -0.15) is 0 Å². The predicted molar refractivity (Wildman–Crippen MR) is 92.8 cm³/mol. The number of carbonyl (C=O) groups excluding carboxylic acids is 1. The Morgan fingerprint density at radius 3 is 2.36 bits per heavy atom. The molecule has 3 aliphatic rings. The summed E-state index contributed by atoms with van der Waals surface area (Å²) in [6.07, 6.45) is 4.13. The molecule has 4 rings (SSSR count). The average Bonchev–Trinajstić information content (AvgIpc) is 3.31. The Hall–Kier alpha value is -1.56. The summed E-state index contributed by atoms with van der Waals surface area (Å²) in [4.78, 5) is 27.7. The Kier molecular flexibility index (Phi) is 4.06. The molecule has 134 valence electrons. The normalized spacial score (nSPS) is 33.8. The van der Waals surface area contributed by atoms with Crippen molar-refractivity contribution in [3.05, 3.63) is 30.1 Å². The first kappa shape index (κ1) is 16.9. The van der Waals surface area contributed by atoms with Gasteiger partial charge in [-0.15, -0.1) is 11.8 Å². The van der Waals surface area contributed by atoms with E-state index in [1.165, 1.54) is 12.1 Å². The lowest BCUT2D eigenvalue weighted by atomic mass is 9.81. The molecular formula is C19H22FNO3S. The molecule has 1 aliphatic heterocycles. The van der Waals surface area contributed by atoms with Gasteiger partial charge in [-0.05, 0) is 62.8 Å². The molecule has 1 amide bonds. The summed E-state index contributed by atoms with van der Waals surface area (Å²) in [5, 5.41) is 9.84. The lowest BCUT2D eigenvalue weighted by Crippen LogP contribution is -2.40. The van der Waals surface area contributed by atoms with Gasteiger partial charge in [-0.3, -0.25) is 9.59 Å². The van der Waals surface area contributed by atoms with E-state index in [0.29, 0.717) is 43.9 Å². The van der Waals surface area contributed by atoms with Gasteiger partial charge in [-0.1, -0.05) is 0 Å². The van der Waals surface area contributed by atoms with Gasteiger partial charge in [0.15, 0.2) is 0 Å². The minimum Gasteiger partial charge on any atom is -0.481 e. The molecule has 1 N–H and O–H groups in total. The van der Waals surface area contributed by atoms with Crippen molar-refractivity contribution < 1.29 is 19.1 Å². The zero-order valence-electron chi connectivity index (χ0n) is 14.0. The first-order valence-electron chi connectivity index (χ1n) is 8.88. The number of carbonyl (C=O) groups is 2. The number of likely N-dealkylation sites (tertiary alicyclic amines) is 1. The number of nitrogens with zero attached hydrogens (tertiary/aromatic N) is 1. The van der Waals surface area contributed by atoms with E-state index in [1.54, 1.807) is 23.9 Å². The smallest absolute Gasteiger partial charge is 0.309 e. The second-order valence-corrected chi connectivity index (χ2v) is 9.15. The molecule has 3 fully saturated rings. The number of carboxylic acid groups (broad SMARTS) is 1. The molecule has 1 atom stereocenters. The van der Waals surface area contributed by atoms with Crippen molar-refractivity contribution in [1.29, 1.82) is 0 Å². The van der Waals surface area contributed by atoms with Crippen LogP contribution in [-0.4, -0.2) is 40.2 Å². The summed E-state index contributed by atoms with van der Waals surface area (Å²) in [5.74, 6) is -0.808. The van der Waals surface area contributed by atoms with Crippen LogP contribution in [0.4, 0.5) is 4.39 Å². The van der Waals surface area contributed by atoms with Crippen molar-refractivity contribution in [2.75, 3.05) is 13.1 Å². The van der Waals surface area contributed by atoms with Gasteiger partial charge in [0.2, 0.25) is 5.91 Å². The minimum absolute atomic E-state index is 0.162. The SMILES string of the molecule is O=C(O)C12CCC(C(=O)N3CCC(Sc4ccc(F)cc4)C3)(CC1)C2. The first-order chi connectivity index (χ1) is 11.9. The summed E-state index contributed by atoms with van der Waals surface area (Å²) >= 11 is 1.69. The van der Waals surface area contributed by atoms with Gasteiger partial charge in [0.1, 0.15) is 5.82 Å². The van der Waals surface area contributed by atoms with Crippen LogP contribution in [0.3, 0.4) is 0 Å².